The summed E-state index contributed by atoms with van der Waals surface area (Å²) in [6.07, 6.45) is 3.69. The number of piperidine rings is 1. The van der Waals surface area contributed by atoms with E-state index in [1.165, 1.54) is 24.2 Å². The highest BCUT2D eigenvalue weighted by atomic mass is 32.2. The lowest BCUT2D eigenvalue weighted by Gasteiger charge is -2.31. The minimum atomic E-state index is -0.445. The van der Waals surface area contributed by atoms with E-state index in [2.05, 4.69) is 15.1 Å². The van der Waals surface area contributed by atoms with E-state index in [1.807, 2.05) is 17.9 Å². The molecular formula is C21H24F2N6S. The van der Waals surface area contributed by atoms with E-state index in [-0.39, 0.29) is 5.82 Å². The SMILES string of the molecule is CCc1cc(-c2ncc(F)c(N3CCC(SN)CC3)n2)nn1Cc1ccccc1F. The molecule has 1 aromatic carbocycles. The Morgan fingerprint density at radius 3 is 2.63 bits per heavy atom. The van der Waals surface area contributed by atoms with Crippen LogP contribution in [-0.4, -0.2) is 38.1 Å². The number of benzene rings is 1. The van der Waals surface area contributed by atoms with E-state index in [9.17, 15) is 8.78 Å². The van der Waals surface area contributed by atoms with Gasteiger partial charge in [0.1, 0.15) is 11.5 Å². The standard InChI is InChI=1S/C21H24F2N6S/c1-2-15-11-19(27-29(15)13-14-5-3-4-6-17(14)22)20-25-12-18(23)21(26-20)28-9-7-16(30-24)8-10-28/h3-6,11-12,16H,2,7-10,13,24H2,1H3. The number of halogens is 2. The first kappa shape index (κ1) is 20.7. The highest BCUT2D eigenvalue weighted by molar-refractivity contribution is 7.97. The Balaban J connectivity index is 1.61. The van der Waals surface area contributed by atoms with E-state index in [0.29, 0.717) is 47.8 Å². The molecule has 0 aliphatic carbocycles. The molecule has 1 aliphatic rings. The second-order valence-corrected chi connectivity index (χ2v) is 8.25. The Morgan fingerprint density at radius 2 is 1.93 bits per heavy atom. The van der Waals surface area contributed by atoms with Crippen molar-refractivity contribution >= 4 is 17.8 Å². The van der Waals surface area contributed by atoms with Crippen molar-refractivity contribution < 1.29 is 8.78 Å². The van der Waals surface area contributed by atoms with Crippen LogP contribution in [0.1, 0.15) is 31.0 Å². The van der Waals surface area contributed by atoms with Crippen LogP contribution in [0.25, 0.3) is 11.5 Å². The number of nitrogens with two attached hydrogens (primary N) is 1. The molecule has 3 heterocycles. The number of hydrogen-bond donors (Lipinski definition) is 1. The zero-order valence-corrected chi connectivity index (χ0v) is 17.6. The van der Waals surface area contributed by atoms with Gasteiger partial charge < -0.3 is 4.90 Å². The molecule has 30 heavy (non-hydrogen) atoms. The topological polar surface area (TPSA) is 72.9 Å². The first-order chi connectivity index (χ1) is 14.6. The van der Waals surface area contributed by atoms with Crippen LogP contribution in [0.5, 0.6) is 0 Å². The minimum absolute atomic E-state index is 0.268. The maximum atomic E-state index is 14.5. The molecule has 0 amide bonds. The predicted molar refractivity (Wildman–Crippen MR) is 115 cm³/mol. The summed E-state index contributed by atoms with van der Waals surface area (Å²) in [5.74, 6) is -0.0547. The second kappa shape index (κ2) is 9.09. The summed E-state index contributed by atoms with van der Waals surface area (Å²) in [5.41, 5.74) is 2.04. The number of aromatic nitrogens is 4. The Bertz CT molecular complexity index is 1020. The molecule has 1 aliphatic heterocycles. The third-order valence-corrected chi connectivity index (χ3v) is 6.25. The van der Waals surface area contributed by atoms with E-state index < -0.39 is 5.82 Å². The maximum absolute atomic E-state index is 14.5. The van der Waals surface area contributed by atoms with Gasteiger partial charge in [0.15, 0.2) is 17.5 Å². The summed E-state index contributed by atoms with van der Waals surface area (Å²) in [6, 6.07) is 8.53. The quantitative estimate of drug-likeness (QED) is 0.600. The molecule has 3 aromatic rings. The lowest BCUT2D eigenvalue weighted by Crippen LogP contribution is -2.36. The van der Waals surface area contributed by atoms with Crippen LogP contribution in [0.4, 0.5) is 14.6 Å². The van der Waals surface area contributed by atoms with Gasteiger partial charge in [-0.25, -0.2) is 18.7 Å². The smallest absolute Gasteiger partial charge is 0.183 e. The van der Waals surface area contributed by atoms with Crippen molar-refractivity contribution in [2.45, 2.75) is 38.0 Å². The van der Waals surface area contributed by atoms with Gasteiger partial charge in [-0.2, -0.15) is 5.10 Å². The number of nitrogens with zero attached hydrogens (tertiary/aromatic N) is 5. The zero-order chi connectivity index (χ0) is 21.1. The summed E-state index contributed by atoms with van der Waals surface area (Å²) in [6.45, 7) is 3.72. The van der Waals surface area contributed by atoms with Crippen molar-refractivity contribution in [3.63, 3.8) is 0 Å². The Morgan fingerprint density at radius 1 is 1.17 bits per heavy atom. The molecule has 0 atom stereocenters. The number of hydrogen-bond acceptors (Lipinski definition) is 6. The predicted octanol–water partition coefficient (Wildman–Crippen LogP) is 3.80. The average molecular weight is 431 g/mol. The van der Waals surface area contributed by atoms with Crippen LogP contribution in [0, 0.1) is 11.6 Å². The van der Waals surface area contributed by atoms with E-state index in [0.717, 1.165) is 25.0 Å². The largest absolute Gasteiger partial charge is 0.354 e. The van der Waals surface area contributed by atoms with E-state index in [4.69, 9.17) is 5.14 Å². The molecule has 6 nitrogen and oxygen atoms in total. The van der Waals surface area contributed by atoms with Crippen LogP contribution in [-0.2, 0) is 13.0 Å². The molecule has 0 spiro atoms. The molecule has 0 saturated carbocycles. The third-order valence-electron chi connectivity index (χ3n) is 5.39. The summed E-state index contributed by atoms with van der Waals surface area (Å²) in [4.78, 5) is 10.6. The number of aryl methyl sites for hydroxylation is 1. The first-order valence-corrected chi connectivity index (χ1v) is 11.0. The molecule has 0 bridgehead atoms. The Kier molecular flexibility index (Phi) is 6.29. The molecule has 0 radical (unpaired) electrons. The van der Waals surface area contributed by atoms with Gasteiger partial charge in [0.05, 0.1) is 12.7 Å². The molecule has 1 fully saturated rings. The van der Waals surface area contributed by atoms with Crippen LogP contribution in [0.2, 0.25) is 0 Å². The van der Waals surface area contributed by atoms with E-state index >= 15 is 0 Å². The molecule has 2 aromatic heterocycles. The molecule has 0 unspecified atom stereocenters. The van der Waals surface area contributed by atoms with E-state index in [1.54, 1.807) is 22.9 Å². The molecule has 158 valence electrons. The van der Waals surface area contributed by atoms with Crippen molar-refractivity contribution in [2.75, 3.05) is 18.0 Å². The van der Waals surface area contributed by atoms with Crippen LogP contribution >= 0.6 is 11.9 Å². The number of rotatable bonds is 6. The van der Waals surface area contributed by atoms with Crippen molar-refractivity contribution in [1.29, 1.82) is 0 Å². The average Bonchev–Trinajstić information content (AvgIpc) is 3.18. The summed E-state index contributed by atoms with van der Waals surface area (Å²) in [5, 5.41) is 10.7. The lowest BCUT2D eigenvalue weighted by atomic mass is 10.1. The van der Waals surface area contributed by atoms with Crippen LogP contribution in [0.15, 0.2) is 36.5 Å². The van der Waals surface area contributed by atoms with Crippen LogP contribution in [0.3, 0.4) is 0 Å². The highest BCUT2D eigenvalue weighted by Gasteiger charge is 2.23. The van der Waals surface area contributed by atoms with Gasteiger partial charge in [-0.3, -0.25) is 9.82 Å². The monoisotopic (exact) mass is 430 g/mol. The van der Waals surface area contributed by atoms with Crippen molar-refractivity contribution in [3.05, 3.63) is 59.4 Å². The number of anilines is 1. The lowest BCUT2D eigenvalue weighted by molar-refractivity contribution is 0.555. The fourth-order valence-electron chi connectivity index (χ4n) is 3.68. The molecule has 1 saturated heterocycles. The summed E-state index contributed by atoms with van der Waals surface area (Å²) < 4.78 is 30.3. The fraction of sp³-hybridized carbons (Fsp3) is 0.381. The molecule has 9 heteroatoms. The van der Waals surface area contributed by atoms with Gasteiger partial charge >= 0.3 is 0 Å². The molecule has 2 N–H and O–H groups in total. The summed E-state index contributed by atoms with van der Waals surface area (Å²) in [7, 11) is 0. The van der Waals surface area contributed by atoms with Crippen molar-refractivity contribution in [3.8, 4) is 11.5 Å². The normalized spacial score (nSPS) is 15.0. The Labute approximate surface area is 178 Å². The van der Waals surface area contributed by atoms with Gasteiger partial charge in [-0.15, -0.1) is 0 Å². The highest BCUT2D eigenvalue weighted by Crippen LogP contribution is 2.27. The molecular weight excluding hydrogens is 406 g/mol. The van der Waals surface area contributed by atoms with Gasteiger partial charge in [0, 0.05) is 29.6 Å². The maximum Gasteiger partial charge on any atom is 0.183 e. The Hall–Kier alpha value is -2.52. The fourth-order valence-corrected chi connectivity index (χ4v) is 4.16. The zero-order valence-electron chi connectivity index (χ0n) is 16.8. The minimum Gasteiger partial charge on any atom is -0.354 e. The third kappa shape index (κ3) is 4.32. The van der Waals surface area contributed by atoms with Gasteiger partial charge in [-0.1, -0.05) is 37.1 Å². The second-order valence-electron chi connectivity index (χ2n) is 7.31. The van der Waals surface area contributed by atoms with Crippen molar-refractivity contribution in [1.82, 2.24) is 19.7 Å². The van der Waals surface area contributed by atoms with Gasteiger partial charge in [0.2, 0.25) is 0 Å². The van der Waals surface area contributed by atoms with Crippen LogP contribution < -0.4 is 10.0 Å². The van der Waals surface area contributed by atoms with Gasteiger partial charge in [0.25, 0.3) is 0 Å². The van der Waals surface area contributed by atoms with Gasteiger partial charge in [-0.05, 0) is 31.4 Å². The summed E-state index contributed by atoms with van der Waals surface area (Å²) >= 11 is 1.36. The van der Waals surface area contributed by atoms with Crippen molar-refractivity contribution in [2.24, 2.45) is 5.14 Å². The first-order valence-electron chi connectivity index (χ1n) is 10.0. The molecule has 4 rings (SSSR count).